The summed E-state index contributed by atoms with van der Waals surface area (Å²) in [4.78, 5) is 13.7. The third-order valence-electron chi connectivity index (χ3n) is 3.53. The van der Waals surface area contributed by atoms with Crippen LogP contribution in [-0.4, -0.2) is 54.0 Å². The third kappa shape index (κ3) is 2.55. The largest absolute Gasteiger partial charge is 0.444 e. The highest BCUT2D eigenvalue weighted by Crippen LogP contribution is 2.33. The van der Waals surface area contributed by atoms with Crippen molar-refractivity contribution >= 4 is 6.09 Å². The molecule has 0 spiro atoms. The molecule has 2 fully saturated rings. The van der Waals surface area contributed by atoms with Gasteiger partial charge in [-0.2, -0.15) is 0 Å². The molecule has 2 aliphatic heterocycles. The van der Waals surface area contributed by atoms with Gasteiger partial charge in [-0.25, -0.2) is 4.79 Å². The zero-order valence-corrected chi connectivity index (χ0v) is 10.8. The standard InChI is InChI=1S/C12H22N2O3/c1-12(2,3)17-11(16)14-6-8-4-13-5-9(8)10(14)7-15/h8-10,13,15H,4-7H2,1-3H3/t8-,9+,10+/m0/s1. The Morgan fingerprint density at radius 2 is 2.18 bits per heavy atom. The Kier molecular flexibility index (Phi) is 3.32. The molecule has 1 amide bonds. The molecule has 0 aromatic heterocycles. The number of nitrogens with zero attached hydrogens (tertiary/aromatic N) is 1. The van der Waals surface area contributed by atoms with Crippen LogP contribution in [0.2, 0.25) is 0 Å². The molecule has 0 unspecified atom stereocenters. The monoisotopic (exact) mass is 242 g/mol. The van der Waals surface area contributed by atoms with Gasteiger partial charge in [0.15, 0.2) is 0 Å². The van der Waals surface area contributed by atoms with E-state index in [1.807, 2.05) is 20.8 Å². The van der Waals surface area contributed by atoms with Gasteiger partial charge < -0.3 is 20.1 Å². The normalized spacial score (nSPS) is 32.7. The van der Waals surface area contributed by atoms with E-state index in [1.54, 1.807) is 4.90 Å². The highest BCUT2D eigenvalue weighted by Gasteiger charge is 2.46. The van der Waals surface area contributed by atoms with Crippen molar-refractivity contribution in [1.82, 2.24) is 10.2 Å². The van der Waals surface area contributed by atoms with Crippen molar-refractivity contribution in [3.63, 3.8) is 0 Å². The molecule has 2 heterocycles. The van der Waals surface area contributed by atoms with Crippen molar-refractivity contribution < 1.29 is 14.6 Å². The van der Waals surface area contributed by atoms with E-state index in [1.165, 1.54) is 0 Å². The van der Waals surface area contributed by atoms with Gasteiger partial charge in [0, 0.05) is 19.6 Å². The molecular weight excluding hydrogens is 220 g/mol. The number of carbonyl (C=O) groups excluding carboxylic acids is 1. The molecule has 2 rings (SSSR count). The van der Waals surface area contributed by atoms with Crippen molar-refractivity contribution in [2.45, 2.75) is 32.4 Å². The molecule has 2 aliphatic rings. The van der Waals surface area contributed by atoms with Crippen LogP contribution in [0.15, 0.2) is 0 Å². The van der Waals surface area contributed by atoms with Crippen LogP contribution in [0.4, 0.5) is 4.79 Å². The minimum absolute atomic E-state index is 0.0160. The first-order valence-corrected chi connectivity index (χ1v) is 6.23. The molecular formula is C12H22N2O3. The summed E-state index contributed by atoms with van der Waals surface area (Å²) in [6.07, 6.45) is -0.300. The maximum Gasteiger partial charge on any atom is 0.410 e. The molecule has 0 aromatic rings. The average molecular weight is 242 g/mol. The van der Waals surface area contributed by atoms with Gasteiger partial charge in [0.1, 0.15) is 5.60 Å². The van der Waals surface area contributed by atoms with E-state index in [-0.39, 0.29) is 18.7 Å². The summed E-state index contributed by atoms with van der Waals surface area (Å²) in [7, 11) is 0. The zero-order valence-electron chi connectivity index (χ0n) is 10.8. The van der Waals surface area contributed by atoms with Crippen molar-refractivity contribution in [2.24, 2.45) is 11.8 Å². The van der Waals surface area contributed by atoms with Crippen molar-refractivity contribution in [3.05, 3.63) is 0 Å². The predicted octanol–water partition coefficient (Wildman–Crippen LogP) is 0.434. The molecule has 0 saturated carbocycles. The van der Waals surface area contributed by atoms with Crippen LogP contribution in [0.3, 0.4) is 0 Å². The average Bonchev–Trinajstić information content (AvgIpc) is 2.72. The van der Waals surface area contributed by atoms with Crippen LogP contribution in [0.5, 0.6) is 0 Å². The lowest BCUT2D eigenvalue weighted by atomic mass is 9.95. The van der Waals surface area contributed by atoms with Crippen molar-refractivity contribution in [1.29, 1.82) is 0 Å². The maximum atomic E-state index is 12.0. The molecule has 17 heavy (non-hydrogen) atoms. The Hall–Kier alpha value is -0.810. The molecule has 0 radical (unpaired) electrons. The molecule has 0 aromatic carbocycles. The van der Waals surface area contributed by atoms with Gasteiger partial charge in [0.2, 0.25) is 0 Å². The summed E-state index contributed by atoms with van der Waals surface area (Å²) in [5.41, 5.74) is -0.479. The number of rotatable bonds is 1. The van der Waals surface area contributed by atoms with Gasteiger partial charge >= 0.3 is 6.09 Å². The molecule has 98 valence electrons. The van der Waals surface area contributed by atoms with Crippen molar-refractivity contribution in [2.75, 3.05) is 26.2 Å². The molecule has 0 bridgehead atoms. The summed E-state index contributed by atoms with van der Waals surface area (Å²) < 4.78 is 5.37. The van der Waals surface area contributed by atoms with Gasteiger partial charge in [-0.1, -0.05) is 0 Å². The van der Waals surface area contributed by atoms with E-state index in [0.29, 0.717) is 18.4 Å². The molecule has 0 aliphatic carbocycles. The first-order valence-electron chi connectivity index (χ1n) is 6.23. The second kappa shape index (κ2) is 4.46. The fraction of sp³-hybridized carbons (Fsp3) is 0.917. The van der Waals surface area contributed by atoms with Crippen LogP contribution in [0.25, 0.3) is 0 Å². The number of carbonyl (C=O) groups is 1. The number of aliphatic hydroxyl groups is 1. The lowest BCUT2D eigenvalue weighted by molar-refractivity contribution is 0.0144. The third-order valence-corrected chi connectivity index (χ3v) is 3.53. The van der Waals surface area contributed by atoms with Gasteiger partial charge in [-0.15, -0.1) is 0 Å². The molecule has 2 saturated heterocycles. The lowest BCUT2D eigenvalue weighted by Crippen LogP contribution is -2.44. The highest BCUT2D eigenvalue weighted by atomic mass is 16.6. The number of hydrogen-bond acceptors (Lipinski definition) is 4. The van der Waals surface area contributed by atoms with Gasteiger partial charge in [-0.05, 0) is 32.6 Å². The van der Waals surface area contributed by atoms with E-state index < -0.39 is 5.60 Å². The number of amides is 1. The van der Waals surface area contributed by atoms with E-state index in [2.05, 4.69) is 5.32 Å². The fourth-order valence-corrected chi connectivity index (χ4v) is 2.79. The Balaban J connectivity index is 2.03. The SMILES string of the molecule is CC(C)(C)OC(=O)N1C[C@@H]2CNC[C@H]2[C@H]1CO. The number of nitrogens with one attached hydrogen (secondary N) is 1. The van der Waals surface area contributed by atoms with E-state index >= 15 is 0 Å². The second-order valence-corrected chi connectivity index (χ2v) is 5.96. The topological polar surface area (TPSA) is 61.8 Å². The van der Waals surface area contributed by atoms with E-state index in [4.69, 9.17) is 4.74 Å². The maximum absolute atomic E-state index is 12.0. The predicted molar refractivity (Wildman–Crippen MR) is 63.7 cm³/mol. The van der Waals surface area contributed by atoms with Crippen molar-refractivity contribution in [3.8, 4) is 0 Å². The van der Waals surface area contributed by atoms with Gasteiger partial charge in [0.05, 0.1) is 12.6 Å². The molecule has 3 atom stereocenters. The molecule has 2 N–H and O–H groups in total. The van der Waals surface area contributed by atoms with Gasteiger partial charge in [0.25, 0.3) is 0 Å². The van der Waals surface area contributed by atoms with Crippen LogP contribution in [-0.2, 0) is 4.74 Å². The minimum Gasteiger partial charge on any atom is -0.444 e. The Labute approximate surface area is 102 Å². The Bertz CT molecular complexity index is 301. The number of aliphatic hydroxyl groups excluding tert-OH is 1. The summed E-state index contributed by atoms with van der Waals surface area (Å²) in [5.74, 6) is 0.826. The summed E-state index contributed by atoms with van der Waals surface area (Å²) in [5, 5.41) is 12.8. The smallest absolute Gasteiger partial charge is 0.410 e. The summed E-state index contributed by atoms with van der Waals surface area (Å²) >= 11 is 0. The first-order chi connectivity index (χ1) is 7.92. The Morgan fingerprint density at radius 1 is 1.47 bits per heavy atom. The summed E-state index contributed by atoms with van der Waals surface area (Å²) in [6.45, 7) is 8.10. The summed E-state index contributed by atoms with van der Waals surface area (Å²) in [6, 6.07) is -0.0927. The highest BCUT2D eigenvalue weighted by molar-refractivity contribution is 5.69. The molecule has 5 nitrogen and oxygen atoms in total. The zero-order chi connectivity index (χ0) is 12.6. The van der Waals surface area contributed by atoms with Crippen LogP contribution in [0, 0.1) is 11.8 Å². The van der Waals surface area contributed by atoms with E-state index in [9.17, 15) is 9.90 Å². The van der Waals surface area contributed by atoms with Crippen LogP contribution in [0.1, 0.15) is 20.8 Å². The van der Waals surface area contributed by atoms with Crippen LogP contribution >= 0.6 is 0 Å². The number of likely N-dealkylation sites (tertiary alicyclic amines) is 1. The lowest BCUT2D eigenvalue weighted by Gasteiger charge is -2.29. The first kappa shape index (κ1) is 12.6. The number of ether oxygens (including phenoxy) is 1. The fourth-order valence-electron chi connectivity index (χ4n) is 2.79. The van der Waals surface area contributed by atoms with Crippen LogP contribution < -0.4 is 5.32 Å². The molecule has 5 heteroatoms. The Morgan fingerprint density at radius 3 is 2.76 bits per heavy atom. The number of fused-ring (bicyclic) bond motifs is 1. The number of hydrogen-bond donors (Lipinski definition) is 2. The second-order valence-electron chi connectivity index (χ2n) is 5.96. The van der Waals surface area contributed by atoms with Gasteiger partial charge in [-0.3, -0.25) is 0 Å². The van der Waals surface area contributed by atoms with E-state index in [0.717, 1.165) is 13.1 Å². The quantitative estimate of drug-likeness (QED) is 0.700. The minimum atomic E-state index is -0.479.